The van der Waals surface area contributed by atoms with Crippen LogP contribution in [-0.2, 0) is 23.8 Å². The van der Waals surface area contributed by atoms with E-state index in [1.54, 1.807) is 7.11 Å². The Morgan fingerprint density at radius 1 is 1.31 bits per heavy atom. The molecule has 1 heterocycles. The lowest BCUT2D eigenvalue weighted by Crippen LogP contribution is -2.64. The molecule has 0 spiro atoms. The molecule has 2 N–H and O–H groups in total. The Balaban J connectivity index is 1.56. The summed E-state index contributed by atoms with van der Waals surface area (Å²) in [4.78, 5) is 26.7. The van der Waals surface area contributed by atoms with Crippen molar-refractivity contribution in [3.8, 4) is 0 Å². The number of aldehydes is 1. The van der Waals surface area contributed by atoms with Crippen LogP contribution in [0.15, 0.2) is 11.6 Å². The van der Waals surface area contributed by atoms with Crippen LogP contribution in [0.25, 0.3) is 0 Å². The number of methoxy groups -OCH3 is 1. The van der Waals surface area contributed by atoms with E-state index in [1.807, 2.05) is 27.0 Å². The van der Waals surface area contributed by atoms with Crippen LogP contribution < -0.4 is 0 Å². The molecule has 5 aliphatic rings. The number of hydrogen-bond acceptors (Lipinski definition) is 7. The van der Waals surface area contributed by atoms with E-state index in [0.29, 0.717) is 18.3 Å². The lowest BCUT2D eigenvalue weighted by atomic mass is 9.43. The van der Waals surface area contributed by atoms with E-state index < -0.39 is 34.6 Å². The van der Waals surface area contributed by atoms with Crippen molar-refractivity contribution in [3.63, 3.8) is 0 Å². The minimum absolute atomic E-state index is 0.0142. The molecule has 5 rings (SSSR count). The largest absolute Gasteiger partial charge is 0.481 e. The maximum atomic E-state index is 13.5. The minimum Gasteiger partial charge on any atom is -0.481 e. The molecule has 8 heteroatoms. The van der Waals surface area contributed by atoms with E-state index in [0.717, 1.165) is 31.1 Å². The number of thioether (sulfide) groups is 1. The summed E-state index contributed by atoms with van der Waals surface area (Å²) in [5.74, 6) is -0.1000. The van der Waals surface area contributed by atoms with Gasteiger partial charge in [-0.25, -0.2) is 0 Å². The molecule has 202 valence electrons. The monoisotopic (exact) mass is 522 g/mol. The highest BCUT2D eigenvalue weighted by molar-refractivity contribution is 7.99. The van der Waals surface area contributed by atoms with Gasteiger partial charge in [-0.05, 0) is 62.0 Å². The van der Waals surface area contributed by atoms with Crippen molar-refractivity contribution in [1.82, 2.24) is 0 Å². The van der Waals surface area contributed by atoms with Gasteiger partial charge in [-0.3, -0.25) is 4.79 Å². The van der Waals surface area contributed by atoms with Gasteiger partial charge >= 0.3 is 5.97 Å². The average molecular weight is 523 g/mol. The molecular formula is C28H42O7S. The molecule has 1 saturated heterocycles. The molecule has 0 aromatic heterocycles. The first-order valence-corrected chi connectivity index (χ1v) is 14.8. The van der Waals surface area contributed by atoms with Gasteiger partial charge in [0.05, 0.1) is 29.5 Å². The molecule has 4 bridgehead atoms. The third kappa shape index (κ3) is 3.08. The number of carbonyl (C=O) groups excluding carboxylic acids is 1. The maximum absolute atomic E-state index is 13.5. The molecule has 3 saturated carbocycles. The number of aliphatic carboxylic acids is 1. The molecule has 7 unspecified atom stereocenters. The minimum atomic E-state index is -1.29. The molecule has 0 aromatic rings. The van der Waals surface area contributed by atoms with Crippen LogP contribution >= 0.6 is 11.8 Å². The predicted molar refractivity (Wildman–Crippen MR) is 136 cm³/mol. The summed E-state index contributed by atoms with van der Waals surface area (Å²) < 4.78 is 18.2. The first kappa shape index (κ1) is 26.7. The zero-order valence-electron chi connectivity index (χ0n) is 22.3. The van der Waals surface area contributed by atoms with E-state index in [4.69, 9.17) is 14.2 Å². The van der Waals surface area contributed by atoms with Crippen molar-refractivity contribution in [2.75, 3.05) is 20.0 Å². The topological polar surface area (TPSA) is 102 Å². The molecule has 4 fully saturated rings. The molecular weight excluding hydrogens is 480 g/mol. The smallest absolute Gasteiger partial charge is 0.315 e. The Bertz CT molecular complexity index is 937. The Kier molecular flexibility index (Phi) is 6.72. The highest BCUT2D eigenvalue weighted by atomic mass is 32.2. The van der Waals surface area contributed by atoms with Crippen molar-refractivity contribution < 1.29 is 34.0 Å². The maximum Gasteiger partial charge on any atom is 0.315 e. The average Bonchev–Trinajstić information content (AvgIpc) is 3.41. The lowest BCUT2D eigenvalue weighted by molar-refractivity contribution is -0.277. The summed E-state index contributed by atoms with van der Waals surface area (Å²) in [7, 11) is 1.62. The number of hydrogen-bond donors (Lipinski definition) is 2. The quantitative estimate of drug-likeness (QED) is 0.367. The van der Waals surface area contributed by atoms with Gasteiger partial charge < -0.3 is 29.2 Å². The van der Waals surface area contributed by atoms with Gasteiger partial charge in [0.25, 0.3) is 0 Å². The van der Waals surface area contributed by atoms with Gasteiger partial charge in [-0.1, -0.05) is 38.8 Å². The number of fused-ring (bicyclic) bond motifs is 2. The molecule has 1 aliphatic heterocycles. The SMILES string of the molecule is CO[C@H]1[C@H](SC)[C@@H](O)[C@H](OCC23CC4C(C)CCC4C4(C=O)CC2C=C(C(C)C)C43C(=O)O)O[C@@H]1C. The first-order chi connectivity index (χ1) is 17.1. The second-order valence-corrected chi connectivity index (χ2v) is 13.4. The van der Waals surface area contributed by atoms with Crippen molar-refractivity contribution >= 4 is 24.0 Å². The third-order valence-corrected chi connectivity index (χ3v) is 12.0. The van der Waals surface area contributed by atoms with Crippen molar-refractivity contribution in [3.05, 3.63) is 11.6 Å². The van der Waals surface area contributed by atoms with Crippen molar-refractivity contribution in [1.29, 1.82) is 0 Å². The number of carboxylic acids is 1. The van der Waals surface area contributed by atoms with Gasteiger partial charge in [-0.15, -0.1) is 0 Å². The molecule has 12 atom stereocenters. The van der Waals surface area contributed by atoms with Crippen molar-refractivity contribution in [2.24, 2.45) is 45.8 Å². The zero-order valence-corrected chi connectivity index (χ0v) is 23.1. The van der Waals surface area contributed by atoms with E-state index in [1.165, 1.54) is 11.8 Å². The second kappa shape index (κ2) is 9.08. The fourth-order valence-electron chi connectivity index (χ4n) is 9.59. The molecule has 7 nitrogen and oxygen atoms in total. The van der Waals surface area contributed by atoms with Crippen LogP contribution in [0, 0.1) is 45.8 Å². The number of aliphatic hydroxyl groups is 1. The number of aliphatic hydroxyl groups excluding tert-OH is 1. The first-order valence-electron chi connectivity index (χ1n) is 13.5. The van der Waals surface area contributed by atoms with E-state index >= 15 is 0 Å². The Morgan fingerprint density at radius 3 is 2.61 bits per heavy atom. The molecule has 36 heavy (non-hydrogen) atoms. The van der Waals surface area contributed by atoms with Crippen LogP contribution in [-0.4, -0.2) is 72.3 Å². The van der Waals surface area contributed by atoms with Crippen molar-refractivity contribution in [2.45, 2.75) is 83.2 Å². The number of ether oxygens (including phenoxy) is 3. The third-order valence-electron chi connectivity index (χ3n) is 10.9. The Hall–Kier alpha value is -0.930. The van der Waals surface area contributed by atoms with E-state index in [9.17, 15) is 19.8 Å². The summed E-state index contributed by atoms with van der Waals surface area (Å²) in [6.45, 7) is 8.39. The Labute approximate surface area is 218 Å². The summed E-state index contributed by atoms with van der Waals surface area (Å²) in [6.07, 6.45) is 6.02. The summed E-state index contributed by atoms with van der Waals surface area (Å²) in [5, 5.41) is 22.0. The molecule has 4 aliphatic carbocycles. The van der Waals surface area contributed by atoms with Gasteiger partial charge in [0.1, 0.15) is 17.8 Å². The van der Waals surface area contributed by atoms with Gasteiger partial charge in [0, 0.05) is 12.5 Å². The van der Waals surface area contributed by atoms with Crippen LogP contribution in [0.1, 0.15) is 53.4 Å². The number of carbonyl (C=O) groups is 2. The molecule has 0 amide bonds. The standard InChI is InChI=1S/C28H42O7S/c1-14(2)20-9-17-10-26(12-29)19-8-7-15(3)18(19)11-27(17,28(20,26)25(31)32)13-34-24-21(30)23(36-6)22(33-5)16(4)35-24/h9,12,14-19,21-24,30H,7-8,10-11,13H2,1-6H3,(H,31,32)/t15?,16-,17?,18?,19?,21-,22-,23-,24-,26?,27?,28?/m1/s1. The number of rotatable bonds is 8. The fraction of sp³-hybridized carbons (Fsp3) is 0.857. The van der Waals surface area contributed by atoms with Crippen LogP contribution in [0.2, 0.25) is 0 Å². The zero-order chi connectivity index (χ0) is 26.2. The van der Waals surface area contributed by atoms with Gasteiger partial charge in [0.15, 0.2) is 6.29 Å². The summed E-state index contributed by atoms with van der Waals surface area (Å²) in [5.41, 5.74) is -2.06. The molecule has 0 radical (unpaired) electrons. The van der Waals surface area contributed by atoms with Gasteiger partial charge in [-0.2, -0.15) is 11.8 Å². The normalized spacial score (nSPS) is 51.3. The summed E-state index contributed by atoms with van der Waals surface area (Å²) in [6, 6.07) is 0. The second-order valence-electron chi connectivity index (χ2n) is 12.4. The predicted octanol–water partition coefficient (Wildman–Crippen LogP) is 3.78. The highest BCUT2D eigenvalue weighted by Gasteiger charge is 2.84. The fourth-order valence-corrected chi connectivity index (χ4v) is 10.6. The number of allylic oxidation sites excluding steroid dienone is 1. The van der Waals surface area contributed by atoms with Gasteiger partial charge in [0.2, 0.25) is 0 Å². The highest BCUT2D eigenvalue weighted by Crippen LogP contribution is 2.82. The van der Waals surface area contributed by atoms with Crippen LogP contribution in [0.4, 0.5) is 0 Å². The van der Waals surface area contributed by atoms with E-state index in [-0.39, 0.29) is 41.8 Å². The Morgan fingerprint density at radius 2 is 2.03 bits per heavy atom. The number of carboxylic acid groups (broad SMARTS) is 1. The molecule has 0 aromatic carbocycles. The van der Waals surface area contributed by atoms with Crippen LogP contribution in [0.5, 0.6) is 0 Å². The lowest BCUT2D eigenvalue weighted by Gasteiger charge is -2.58. The van der Waals surface area contributed by atoms with E-state index in [2.05, 4.69) is 13.0 Å². The summed E-state index contributed by atoms with van der Waals surface area (Å²) >= 11 is 1.52. The van der Waals surface area contributed by atoms with Crippen LogP contribution in [0.3, 0.4) is 0 Å².